The number of carbonyl (C=O) groups is 1. The van der Waals surface area contributed by atoms with E-state index < -0.39 is 5.91 Å². The highest BCUT2D eigenvalue weighted by Crippen LogP contribution is 2.34. The average molecular weight is 536 g/mol. The molecule has 1 saturated heterocycles. The minimum Gasteiger partial charge on any atom is -0.493 e. The Morgan fingerprint density at radius 2 is 2.05 bits per heavy atom. The van der Waals surface area contributed by atoms with Crippen molar-refractivity contribution >= 4 is 11.6 Å². The summed E-state index contributed by atoms with van der Waals surface area (Å²) in [7, 11) is 0. The van der Waals surface area contributed by atoms with Crippen molar-refractivity contribution < 1.29 is 14.7 Å². The van der Waals surface area contributed by atoms with Gasteiger partial charge in [-0.05, 0) is 68.4 Å². The number of benzene rings is 1. The van der Waals surface area contributed by atoms with Gasteiger partial charge in [0.2, 0.25) is 0 Å². The Kier molecular flexibility index (Phi) is 8.18. The summed E-state index contributed by atoms with van der Waals surface area (Å²) in [5, 5.41) is 12.1. The van der Waals surface area contributed by atoms with Crippen LogP contribution < -0.4 is 31.9 Å². The molecule has 11 heteroatoms. The Balaban J connectivity index is 1.30. The van der Waals surface area contributed by atoms with Crippen molar-refractivity contribution in [1.82, 2.24) is 31.1 Å². The molecule has 0 spiro atoms. The standard InChI is InChI=1S/C28H37N7O4/c1-3-5-21-24-25(33-32-21)28(37)31-26(30-24)20-15-18(6-8-22(20)39-4-2)14-17-10-12-35(13-11-17)23-9-7-19(16-29-23)27(36)34-38/h6-9,15,17,21,29,32-33,38H,3-5,10-14,16H2,1-2H3,(H,34,36)(H,30,31,37). The van der Waals surface area contributed by atoms with Crippen molar-refractivity contribution in [2.75, 3.05) is 31.7 Å². The molecule has 3 aliphatic rings. The summed E-state index contributed by atoms with van der Waals surface area (Å²) >= 11 is 0. The number of rotatable bonds is 9. The number of likely N-dealkylation sites (tertiary alicyclic amines) is 1. The topological polar surface area (TPSA) is 144 Å². The molecular formula is C28H37N7O4. The third kappa shape index (κ3) is 5.79. The first-order valence-corrected chi connectivity index (χ1v) is 13.8. The monoisotopic (exact) mass is 535 g/mol. The molecule has 5 rings (SSSR count). The van der Waals surface area contributed by atoms with E-state index >= 15 is 0 Å². The number of ether oxygens (including phenoxy) is 1. The summed E-state index contributed by atoms with van der Waals surface area (Å²) in [6, 6.07) is 6.20. The highest BCUT2D eigenvalue weighted by molar-refractivity contribution is 5.93. The zero-order valence-electron chi connectivity index (χ0n) is 22.5. The second-order valence-electron chi connectivity index (χ2n) is 10.2. The summed E-state index contributed by atoms with van der Waals surface area (Å²) in [5.74, 6) is 2.28. The number of fused-ring (bicyclic) bond motifs is 1. The van der Waals surface area contributed by atoms with Gasteiger partial charge in [0.15, 0.2) is 0 Å². The van der Waals surface area contributed by atoms with Gasteiger partial charge in [-0.2, -0.15) is 0 Å². The van der Waals surface area contributed by atoms with Gasteiger partial charge in [-0.25, -0.2) is 15.9 Å². The van der Waals surface area contributed by atoms with Gasteiger partial charge in [-0.1, -0.05) is 19.4 Å². The SMILES string of the molecule is CCCC1NNc2c1nc(-c1cc(CC3CCN(C4=CC=C(C(=O)NO)CN4)CC3)ccc1OCC)[nH]c2=O. The summed E-state index contributed by atoms with van der Waals surface area (Å²) in [4.78, 5) is 34.6. The molecule has 208 valence electrons. The first kappa shape index (κ1) is 26.8. The van der Waals surface area contributed by atoms with Gasteiger partial charge >= 0.3 is 0 Å². The number of hydrazine groups is 1. The number of amides is 1. The van der Waals surface area contributed by atoms with Gasteiger partial charge < -0.3 is 25.4 Å². The van der Waals surface area contributed by atoms with Crippen LogP contribution in [0.2, 0.25) is 0 Å². The zero-order valence-corrected chi connectivity index (χ0v) is 22.5. The van der Waals surface area contributed by atoms with E-state index in [9.17, 15) is 9.59 Å². The third-order valence-electron chi connectivity index (χ3n) is 7.60. The summed E-state index contributed by atoms with van der Waals surface area (Å²) < 4.78 is 5.92. The normalized spacial score (nSPS) is 18.9. The molecule has 0 radical (unpaired) electrons. The highest BCUT2D eigenvalue weighted by Gasteiger charge is 2.28. The van der Waals surface area contributed by atoms with Gasteiger partial charge in [-0.15, -0.1) is 0 Å². The van der Waals surface area contributed by atoms with Crippen molar-refractivity contribution in [1.29, 1.82) is 0 Å². The molecule has 0 bridgehead atoms. The van der Waals surface area contributed by atoms with E-state index in [0.717, 1.165) is 62.3 Å². The number of dihydropyridines is 1. The number of hydroxylamine groups is 1. The number of allylic oxidation sites excluding steroid dienone is 2. The van der Waals surface area contributed by atoms with E-state index in [2.05, 4.69) is 45.1 Å². The van der Waals surface area contributed by atoms with Crippen molar-refractivity contribution in [3.63, 3.8) is 0 Å². The van der Waals surface area contributed by atoms with Crippen LogP contribution in [0.1, 0.15) is 56.8 Å². The van der Waals surface area contributed by atoms with Crippen LogP contribution in [0.25, 0.3) is 11.4 Å². The van der Waals surface area contributed by atoms with Gasteiger partial charge in [0.05, 0.1) is 23.9 Å². The number of piperidine rings is 1. The molecule has 39 heavy (non-hydrogen) atoms. The first-order valence-electron chi connectivity index (χ1n) is 13.8. The molecule has 1 unspecified atom stereocenters. The minimum atomic E-state index is -0.487. The predicted molar refractivity (Wildman–Crippen MR) is 148 cm³/mol. The molecule has 6 N–H and O–H groups in total. The molecule has 1 atom stereocenters. The number of hydrogen-bond donors (Lipinski definition) is 6. The van der Waals surface area contributed by atoms with Crippen LogP contribution >= 0.6 is 0 Å². The first-order chi connectivity index (χ1) is 19.0. The molecule has 1 amide bonds. The maximum atomic E-state index is 12.9. The maximum absolute atomic E-state index is 12.9. The fraction of sp³-hybridized carbons (Fsp3) is 0.464. The molecule has 0 aliphatic carbocycles. The Morgan fingerprint density at radius 3 is 2.74 bits per heavy atom. The molecule has 1 aromatic carbocycles. The van der Waals surface area contributed by atoms with Crippen LogP contribution in [0.3, 0.4) is 0 Å². The van der Waals surface area contributed by atoms with E-state index in [0.29, 0.717) is 41.9 Å². The van der Waals surface area contributed by atoms with Crippen molar-refractivity contribution in [2.24, 2.45) is 5.92 Å². The van der Waals surface area contributed by atoms with E-state index in [-0.39, 0.29) is 11.6 Å². The largest absolute Gasteiger partial charge is 0.493 e. The van der Waals surface area contributed by atoms with Crippen LogP contribution in [0.5, 0.6) is 5.75 Å². The number of nitrogens with one attached hydrogen (secondary N) is 5. The predicted octanol–water partition coefficient (Wildman–Crippen LogP) is 2.74. The molecule has 1 aromatic heterocycles. The van der Waals surface area contributed by atoms with E-state index in [1.807, 2.05) is 19.1 Å². The summed E-state index contributed by atoms with van der Waals surface area (Å²) in [6.07, 6.45) is 8.52. The van der Waals surface area contributed by atoms with E-state index in [1.54, 1.807) is 11.6 Å². The van der Waals surface area contributed by atoms with Crippen LogP contribution in [-0.2, 0) is 11.2 Å². The fourth-order valence-electron chi connectivity index (χ4n) is 5.53. The smallest absolute Gasteiger partial charge is 0.276 e. The number of hydrogen-bond acceptors (Lipinski definition) is 9. The Morgan fingerprint density at radius 1 is 1.23 bits per heavy atom. The minimum absolute atomic E-state index is 0.00218. The Bertz CT molecular complexity index is 1330. The number of aromatic amines is 1. The number of nitrogens with zero attached hydrogens (tertiary/aromatic N) is 2. The lowest BCUT2D eigenvalue weighted by Crippen LogP contribution is -2.41. The van der Waals surface area contributed by atoms with Gasteiger partial charge in [0, 0.05) is 25.2 Å². The maximum Gasteiger partial charge on any atom is 0.276 e. The summed E-state index contributed by atoms with van der Waals surface area (Å²) in [6.45, 7) is 6.81. The molecule has 2 aromatic rings. The zero-order chi connectivity index (χ0) is 27.4. The molecule has 3 aliphatic heterocycles. The lowest BCUT2D eigenvalue weighted by Gasteiger charge is -2.36. The van der Waals surface area contributed by atoms with Gasteiger partial charge in [0.1, 0.15) is 23.1 Å². The van der Waals surface area contributed by atoms with Crippen LogP contribution in [-0.4, -0.2) is 52.2 Å². The van der Waals surface area contributed by atoms with Crippen LogP contribution in [0.4, 0.5) is 5.69 Å². The van der Waals surface area contributed by atoms with Gasteiger partial charge in [-0.3, -0.25) is 14.8 Å². The second kappa shape index (κ2) is 11.9. The van der Waals surface area contributed by atoms with Crippen LogP contribution in [0, 0.1) is 5.92 Å². The number of carbonyl (C=O) groups excluding carboxylic acids is 1. The molecule has 4 heterocycles. The molecule has 1 fully saturated rings. The lowest BCUT2D eigenvalue weighted by molar-refractivity contribution is -0.125. The van der Waals surface area contributed by atoms with Crippen LogP contribution in [0.15, 0.2) is 46.5 Å². The number of anilines is 1. The van der Waals surface area contributed by atoms with E-state index in [1.165, 1.54) is 5.56 Å². The van der Waals surface area contributed by atoms with Gasteiger partial charge in [0.25, 0.3) is 11.5 Å². The van der Waals surface area contributed by atoms with Crippen molar-refractivity contribution in [3.8, 4) is 17.1 Å². The fourth-order valence-corrected chi connectivity index (χ4v) is 5.53. The Labute approximate surface area is 227 Å². The molecule has 11 nitrogen and oxygen atoms in total. The van der Waals surface area contributed by atoms with Crippen molar-refractivity contribution in [2.45, 2.75) is 52.0 Å². The third-order valence-corrected chi connectivity index (χ3v) is 7.60. The van der Waals surface area contributed by atoms with E-state index in [4.69, 9.17) is 14.9 Å². The lowest BCUT2D eigenvalue weighted by atomic mass is 9.89. The highest BCUT2D eigenvalue weighted by atomic mass is 16.5. The number of H-pyrrole nitrogens is 1. The molecular weight excluding hydrogens is 498 g/mol. The second-order valence-corrected chi connectivity index (χ2v) is 10.2. The Hall–Kier alpha value is -3.83. The quantitative estimate of drug-likeness (QED) is 0.211. The number of aromatic nitrogens is 2. The molecule has 0 saturated carbocycles. The summed E-state index contributed by atoms with van der Waals surface area (Å²) in [5.41, 5.74) is 11.4. The van der Waals surface area contributed by atoms with Crippen molar-refractivity contribution in [3.05, 3.63) is 63.4 Å². The average Bonchev–Trinajstić information content (AvgIpc) is 3.37.